The molecule has 1 saturated carbocycles. The first kappa shape index (κ1) is 57.5. The van der Waals surface area contributed by atoms with Crippen molar-refractivity contribution >= 4 is 13.8 Å². The van der Waals surface area contributed by atoms with Gasteiger partial charge >= 0.3 is 13.8 Å². The number of esters is 1. The zero-order valence-electron chi connectivity index (χ0n) is 37.9. The number of aliphatic hydroxyl groups is 5. The van der Waals surface area contributed by atoms with Crippen LogP contribution in [0.25, 0.3) is 0 Å². The lowest BCUT2D eigenvalue weighted by atomic mass is 9.85. The molecule has 0 aromatic heterocycles. The molecule has 0 aliphatic heterocycles. The Bertz CT molecular complexity index is 1340. The summed E-state index contributed by atoms with van der Waals surface area (Å²) in [5.74, 6) is -0.508. The number of aliphatic hydroxyl groups excluding tert-OH is 5. The summed E-state index contributed by atoms with van der Waals surface area (Å²) in [6, 6.07) is 0. The standard InChI is InChI=1S/C49H83O12P/c1-3-5-7-9-11-13-15-17-18-19-20-21-22-23-24-25-26-27-28-30-32-34-36-38-43(50)60-42(40-58-39-37-35-33-31-29-16-14-12-10-8-6-4-2)41-59-62(56,57)61-49-47(54)45(52)44(51)46(53)48(49)55/h5,7,10-13,17-18,20-21,23-24,26-27,42,44-49,51-55H,3-4,6,8-9,14-16,19,22,25,28-41H2,1-2H3,(H,56,57)/b7-5-,12-10-,13-11-,18-17-,21-20-,24-23-,27-26-. The van der Waals surface area contributed by atoms with Gasteiger partial charge in [-0.15, -0.1) is 0 Å². The van der Waals surface area contributed by atoms with E-state index < -0.39 is 63.1 Å². The minimum atomic E-state index is -5.03. The Morgan fingerprint density at radius 2 is 0.952 bits per heavy atom. The Kier molecular flexibility index (Phi) is 36.1. The number of phosphoric ester groups is 1. The van der Waals surface area contributed by atoms with E-state index in [1.54, 1.807) is 0 Å². The highest BCUT2D eigenvalue weighted by Gasteiger charge is 2.51. The molecule has 0 spiro atoms. The van der Waals surface area contributed by atoms with Gasteiger partial charge in [0.05, 0.1) is 13.2 Å². The van der Waals surface area contributed by atoms with Gasteiger partial charge in [-0.25, -0.2) is 4.57 Å². The molecule has 6 atom stereocenters. The van der Waals surface area contributed by atoms with E-state index in [2.05, 4.69) is 98.9 Å². The van der Waals surface area contributed by atoms with Crippen molar-refractivity contribution in [3.05, 3.63) is 85.1 Å². The molecular weight excluding hydrogens is 812 g/mol. The first-order chi connectivity index (χ1) is 30.0. The van der Waals surface area contributed by atoms with E-state index in [0.29, 0.717) is 13.0 Å². The van der Waals surface area contributed by atoms with Gasteiger partial charge in [-0.2, -0.15) is 0 Å². The molecule has 13 heteroatoms. The first-order valence-electron chi connectivity index (χ1n) is 23.4. The van der Waals surface area contributed by atoms with Gasteiger partial charge in [-0.05, 0) is 83.5 Å². The van der Waals surface area contributed by atoms with Crippen LogP contribution in [0.3, 0.4) is 0 Å². The third kappa shape index (κ3) is 30.6. The molecule has 1 aliphatic carbocycles. The summed E-state index contributed by atoms with van der Waals surface area (Å²) in [5.41, 5.74) is 0. The fourth-order valence-corrected chi connectivity index (χ4v) is 7.49. The van der Waals surface area contributed by atoms with E-state index in [1.807, 2.05) is 0 Å². The smallest absolute Gasteiger partial charge is 0.457 e. The molecule has 0 saturated heterocycles. The van der Waals surface area contributed by atoms with Gasteiger partial charge in [0, 0.05) is 13.0 Å². The maximum absolute atomic E-state index is 12.8. The minimum absolute atomic E-state index is 0.0969. The largest absolute Gasteiger partial charge is 0.472 e. The molecule has 62 heavy (non-hydrogen) atoms. The molecule has 0 aromatic carbocycles. The van der Waals surface area contributed by atoms with Crippen LogP contribution in [-0.2, 0) is 27.9 Å². The number of allylic oxidation sites excluding steroid dienone is 14. The zero-order chi connectivity index (χ0) is 45.5. The van der Waals surface area contributed by atoms with Gasteiger partial charge in [-0.3, -0.25) is 13.8 Å². The molecule has 0 radical (unpaired) electrons. The Morgan fingerprint density at radius 3 is 1.47 bits per heavy atom. The van der Waals surface area contributed by atoms with E-state index in [0.717, 1.165) is 103 Å². The molecular formula is C49H83O12P. The fourth-order valence-electron chi connectivity index (χ4n) is 6.51. The quantitative estimate of drug-likeness (QED) is 0.0149. The van der Waals surface area contributed by atoms with E-state index in [4.69, 9.17) is 18.5 Å². The topological polar surface area (TPSA) is 192 Å². The van der Waals surface area contributed by atoms with E-state index in [-0.39, 0.29) is 13.0 Å². The highest BCUT2D eigenvalue weighted by Crippen LogP contribution is 2.47. The molecule has 1 fully saturated rings. The normalized spacial score (nSPS) is 22.8. The lowest BCUT2D eigenvalue weighted by Gasteiger charge is -2.41. The number of unbranched alkanes of at least 4 members (excludes halogenated alkanes) is 12. The van der Waals surface area contributed by atoms with Gasteiger partial charge < -0.3 is 39.9 Å². The van der Waals surface area contributed by atoms with E-state index in [9.17, 15) is 39.8 Å². The third-order valence-electron chi connectivity index (χ3n) is 10.3. The summed E-state index contributed by atoms with van der Waals surface area (Å²) in [6.45, 7) is 4.05. The number of ether oxygens (including phenoxy) is 2. The Labute approximate surface area is 373 Å². The summed E-state index contributed by atoms with van der Waals surface area (Å²) in [7, 11) is -5.03. The summed E-state index contributed by atoms with van der Waals surface area (Å²) in [5, 5.41) is 50.2. The minimum Gasteiger partial charge on any atom is -0.457 e. The molecule has 0 amide bonds. The number of carbonyl (C=O) groups excluding carboxylic acids is 1. The second-order valence-electron chi connectivity index (χ2n) is 15.9. The zero-order valence-corrected chi connectivity index (χ0v) is 38.8. The van der Waals surface area contributed by atoms with Gasteiger partial charge in [0.15, 0.2) is 0 Å². The monoisotopic (exact) mass is 895 g/mol. The molecule has 0 bridgehead atoms. The van der Waals surface area contributed by atoms with Crippen molar-refractivity contribution in [1.82, 2.24) is 0 Å². The van der Waals surface area contributed by atoms with Crippen molar-refractivity contribution in [2.24, 2.45) is 0 Å². The predicted octanol–water partition coefficient (Wildman–Crippen LogP) is 9.75. The van der Waals surface area contributed by atoms with Crippen molar-refractivity contribution in [3.63, 3.8) is 0 Å². The molecule has 1 aliphatic rings. The summed E-state index contributed by atoms with van der Waals surface area (Å²) >= 11 is 0. The van der Waals surface area contributed by atoms with Crippen LogP contribution in [0.5, 0.6) is 0 Å². The lowest BCUT2D eigenvalue weighted by Crippen LogP contribution is -2.64. The molecule has 0 heterocycles. The highest BCUT2D eigenvalue weighted by molar-refractivity contribution is 7.47. The Hall–Kier alpha value is -2.48. The first-order valence-corrected chi connectivity index (χ1v) is 24.9. The van der Waals surface area contributed by atoms with Gasteiger partial charge in [0.25, 0.3) is 0 Å². The summed E-state index contributed by atoms with van der Waals surface area (Å²) in [4.78, 5) is 23.2. The lowest BCUT2D eigenvalue weighted by molar-refractivity contribution is -0.220. The fraction of sp³-hybridized carbons (Fsp3) is 0.694. The molecule has 6 unspecified atom stereocenters. The maximum Gasteiger partial charge on any atom is 0.472 e. The number of hydrogen-bond donors (Lipinski definition) is 6. The number of phosphoric acid groups is 1. The van der Waals surface area contributed by atoms with E-state index >= 15 is 0 Å². The summed E-state index contributed by atoms with van der Waals surface area (Å²) < 4.78 is 34.1. The van der Waals surface area contributed by atoms with Gasteiger partial charge in [0.1, 0.15) is 42.7 Å². The number of rotatable bonds is 38. The van der Waals surface area contributed by atoms with Crippen LogP contribution in [0.15, 0.2) is 85.1 Å². The van der Waals surface area contributed by atoms with Crippen LogP contribution >= 0.6 is 7.82 Å². The Morgan fingerprint density at radius 1 is 0.532 bits per heavy atom. The van der Waals surface area contributed by atoms with Gasteiger partial charge in [-0.1, -0.05) is 150 Å². The van der Waals surface area contributed by atoms with Crippen molar-refractivity contribution < 1.29 is 58.3 Å². The van der Waals surface area contributed by atoms with Crippen LogP contribution in [0, 0.1) is 0 Å². The van der Waals surface area contributed by atoms with Crippen LogP contribution < -0.4 is 0 Å². The van der Waals surface area contributed by atoms with Crippen LogP contribution in [0.4, 0.5) is 0 Å². The van der Waals surface area contributed by atoms with Crippen LogP contribution in [-0.4, -0.2) is 98.9 Å². The van der Waals surface area contributed by atoms with Crippen molar-refractivity contribution in [1.29, 1.82) is 0 Å². The highest BCUT2D eigenvalue weighted by atomic mass is 31.2. The second-order valence-corrected chi connectivity index (χ2v) is 17.3. The SMILES string of the molecule is CC/C=C\C/C=C\C/C=C\C/C=C\C/C=C\C/C=C\CCCCCCC(=O)OC(COCCCCCCCC/C=C\CCCC)COP(=O)(O)OC1C(O)C(O)C(O)C(O)C1O. The summed E-state index contributed by atoms with van der Waals surface area (Å²) in [6.07, 6.45) is 39.4. The average Bonchev–Trinajstić information content (AvgIpc) is 3.26. The van der Waals surface area contributed by atoms with Crippen LogP contribution in [0.1, 0.15) is 155 Å². The molecule has 6 N–H and O–H groups in total. The predicted molar refractivity (Wildman–Crippen MR) is 248 cm³/mol. The Balaban J connectivity index is 2.40. The molecule has 1 rings (SSSR count). The van der Waals surface area contributed by atoms with Crippen molar-refractivity contribution in [2.45, 2.75) is 198 Å². The second kappa shape index (κ2) is 38.9. The van der Waals surface area contributed by atoms with E-state index in [1.165, 1.54) is 25.7 Å². The van der Waals surface area contributed by atoms with Gasteiger partial charge in [0.2, 0.25) is 0 Å². The molecule has 356 valence electrons. The molecule has 0 aromatic rings. The van der Waals surface area contributed by atoms with Crippen molar-refractivity contribution in [3.8, 4) is 0 Å². The van der Waals surface area contributed by atoms with Crippen LogP contribution in [0.2, 0.25) is 0 Å². The maximum atomic E-state index is 12.8. The number of carbonyl (C=O) groups is 1. The number of hydrogen-bond acceptors (Lipinski definition) is 11. The third-order valence-corrected chi connectivity index (χ3v) is 11.2. The molecule has 12 nitrogen and oxygen atoms in total. The van der Waals surface area contributed by atoms with Crippen molar-refractivity contribution in [2.75, 3.05) is 19.8 Å². The average molecular weight is 895 g/mol.